The third kappa shape index (κ3) is 1.97. The van der Waals surface area contributed by atoms with Gasteiger partial charge in [0.2, 0.25) is 0 Å². The standard InChI is InChI=1S/C8H16N4O3/c1-10-7-6(9)8(15)12(3-5-14)11(7)2-4-13/h10,13-14H,2-5,9H2,1H3. The maximum Gasteiger partial charge on any atom is 0.292 e. The van der Waals surface area contributed by atoms with Crippen molar-refractivity contribution in [3.63, 3.8) is 0 Å². The van der Waals surface area contributed by atoms with Crippen LogP contribution in [0.15, 0.2) is 4.79 Å². The van der Waals surface area contributed by atoms with Crippen LogP contribution < -0.4 is 16.6 Å². The summed E-state index contributed by atoms with van der Waals surface area (Å²) in [6.45, 7) is 0.152. The van der Waals surface area contributed by atoms with E-state index < -0.39 is 0 Å². The van der Waals surface area contributed by atoms with Crippen molar-refractivity contribution in [2.45, 2.75) is 13.1 Å². The number of aliphatic hydroxyl groups excluding tert-OH is 2. The van der Waals surface area contributed by atoms with Crippen molar-refractivity contribution in [2.75, 3.05) is 31.3 Å². The van der Waals surface area contributed by atoms with Crippen molar-refractivity contribution in [3.8, 4) is 0 Å². The number of anilines is 2. The molecule has 7 nitrogen and oxygen atoms in total. The van der Waals surface area contributed by atoms with Gasteiger partial charge < -0.3 is 21.3 Å². The molecule has 0 aromatic carbocycles. The summed E-state index contributed by atoms with van der Waals surface area (Å²) in [6.07, 6.45) is 0. The van der Waals surface area contributed by atoms with E-state index >= 15 is 0 Å². The number of hydrogen-bond donors (Lipinski definition) is 4. The number of rotatable bonds is 5. The maximum atomic E-state index is 11.6. The van der Waals surface area contributed by atoms with Gasteiger partial charge in [0.05, 0.1) is 26.3 Å². The molecule has 0 bridgehead atoms. The minimum absolute atomic E-state index is 0.0967. The quantitative estimate of drug-likeness (QED) is 0.467. The number of nitrogens with one attached hydrogen (secondary N) is 1. The number of nitrogen functional groups attached to an aromatic ring is 1. The van der Waals surface area contributed by atoms with Crippen molar-refractivity contribution < 1.29 is 10.2 Å². The number of hydrogen-bond acceptors (Lipinski definition) is 5. The van der Waals surface area contributed by atoms with Gasteiger partial charge in [0.1, 0.15) is 11.5 Å². The molecule has 0 saturated heterocycles. The molecule has 1 aromatic rings. The van der Waals surface area contributed by atoms with E-state index in [1.807, 2.05) is 0 Å². The molecule has 1 heterocycles. The number of aliphatic hydroxyl groups is 2. The summed E-state index contributed by atoms with van der Waals surface area (Å²) in [4.78, 5) is 11.6. The van der Waals surface area contributed by atoms with Gasteiger partial charge in [-0.25, -0.2) is 4.68 Å². The Kier molecular flexibility index (Phi) is 3.75. The van der Waals surface area contributed by atoms with E-state index in [0.717, 1.165) is 0 Å². The van der Waals surface area contributed by atoms with E-state index in [9.17, 15) is 4.79 Å². The predicted octanol–water partition coefficient (Wildman–Crippen LogP) is -1.74. The number of aromatic nitrogens is 2. The molecule has 0 aliphatic rings. The molecule has 1 rings (SSSR count). The highest BCUT2D eigenvalue weighted by molar-refractivity contribution is 5.60. The number of nitrogens with two attached hydrogens (primary N) is 1. The van der Waals surface area contributed by atoms with E-state index in [4.69, 9.17) is 15.9 Å². The van der Waals surface area contributed by atoms with Crippen LogP contribution in [0.2, 0.25) is 0 Å². The zero-order valence-electron chi connectivity index (χ0n) is 8.60. The summed E-state index contributed by atoms with van der Waals surface area (Å²) in [6, 6.07) is 0. The van der Waals surface area contributed by atoms with Gasteiger partial charge in [-0.05, 0) is 0 Å². The van der Waals surface area contributed by atoms with E-state index in [0.29, 0.717) is 5.82 Å². The Hall–Kier alpha value is -1.47. The van der Waals surface area contributed by atoms with Crippen molar-refractivity contribution >= 4 is 11.5 Å². The molecule has 0 spiro atoms. The van der Waals surface area contributed by atoms with Crippen molar-refractivity contribution in [3.05, 3.63) is 10.4 Å². The average Bonchev–Trinajstić information content (AvgIpc) is 2.44. The van der Waals surface area contributed by atoms with Crippen LogP contribution in [0.3, 0.4) is 0 Å². The molecular weight excluding hydrogens is 200 g/mol. The molecule has 0 radical (unpaired) electrons. The lowest BCUT2D eigenvalue weighted by molar-refractivity contribution is 0.230. The van der Waals surface area contributed by atoms with Crippen LogP contribution in [0.1, 0.15) is 0 Å². The molecule has 86 valence electrons. The van der Waals surface area contributed by atoms with Crippen molar-refractivity contribution in [1.82, 2.24) is 9.36 Å². The Morgan fingerprint density at radius 2 is 1.80 bits per heavy atom. The lowest BCUT2D eigenvalue weighted by Crippen LogP contribution is -2.26. The van der Waals surface area contributed by atoms with Crippen molar-refractivity contribution in [1.29, 1.82) is 0 Å². The third-order valence-corrected chi connectivity index (χ3v) is 2.13. The van der Waals surface area contributed by atoms with Gasteiger partial charge in [0, 0.05) is 7.05 Å². The van der Waals surface area contributed by atoms with Gasteiger partial charge in [-0.2, -0.15) is 0 Å². The summed E-state index contributed by atoms with van der Waals surface area (Å²) in [7, 11) is 1.64. The normalized spacial score (nSPS) is 10.6. The summed E-state index contributed by atoms with van der Waals surface area (Å²) >= 11 is 0. The highest BCUT2D eigenvalue weighted by atomic mass is 16.3. The zero-order valence-corrected chi connectivity index (χ0v) is 8.60. The first kappa shape index (κ1) is 11.6. The third-order valence-electron chi connectivity index (χ3n) is 2.13. The molecule has 0 unspecified atom stereocenters. The van der Waals surface area contributed by atoms with Crippen LogP contribution in [-0.2, 0) is 13.1 Å². The average molecular weight is 216 g/mol. The molecule has 0 fully saturated rings. The second-order valence-electron chi connectivity index (χ2n) is 3.01. The van der Waals surface area contributed by atoms with Gasteiger partial charge >= 0.3 is 0 Å². The summed E-state index contributed by atoms with van der Waals surface area (Å²) < 4.78 is 2.82. The Labute approximate surface area is 86.7 Å². The largest absolute Gasteiger partial charge is 0.394 e. The smallest absolute Gasteiger partial charge is 0.292 e. The minimum atomic E-state index is -0.359. The van der Waals surface area contributed by atoms with Crippen LogP contribution in [0.5, 0.6) is 0 Å². The molecular formula is C8H16N4O3. The molecule has 5 N–H and O–H groups in total. The molecule has 0 saturated carbocycles. The monoisotopic (exact) mass is 216 g/mol. The highest BCUT2D eigenvalue weighted by Crippen LogP contribution is 2.13. The molecule has 0 atom stereocenters. The lowest BCUT2D eigenvalue weighted by atomic mass is 10.5. The topological polar surface area (TPSA) is 105 Å². The van der Waals surface area contributed by atoms with Gasteiger partial charge in [-0.15, -0.1) is 0 Å². The Morgan fingerprint density at radius 1 is 1.27 bits per heavy atom. The second kappa shape index (κ2) is 4.85. The van der Waals surface area contributed by atoms with Crippen LogP contribution in [0.4, 0.5) is 11.5 Å². The summed E-state index contributed by atoms with van der Waals surface area (Å²) in [5.74, 6) is 0.461. The van der Waals surface area contributed by atoms with Crippen LogP contribution in [-0.4, -0.2) is 39.8 Å². The summed E-state index contributed by atoms with van der Waals surface area (Å²) in [5, 5.41) is 20.5. The van der Waals surface area contributed by atoms with Crippen molar-refractivity contribution in [2.24, 2.45) is 0 Å². The van der Waals surface area contributed by atoms with E-state index in [1.54, 1.807) is 7.05 Å². The lowest BCUT2D eigenvalue weighted by Gasteiger charge is -2.12. The van der Waals surface area contributed by atoms with Gasteiger partial charge in [0.15, 0.2) is 0 Å². The van der Waals surface area contributed by atoms with Crippen LogP contribution >= 0.6 is 0 Å². The fourth-order valence-electron chi connectivity index (χ4n) is 1.52. The minimum Gasteiger partial charge on any atom is -0.394 e. The molecule has 0 aliphatic carbocycles. The van der Waals surface area contributed by atoms with Gasteiger partial charge in [0.25, 0.3) is 5.56 Å². The molecule has 0 amide bonds. The molecule has 7 heteroatoms. The Morgan fingerprint density at radius 3 is 2.27 bits per heavy atom. The first-order chi connectivity index (χ1) is 7.17. The summed E-state index contributed by atoms with van der Waals surface area (Å²) in [5.41, 5.74) is 5.33. The Balaban J connectivity index is 3.27. The SMILES string of the molecule is CNc1c(N)c(=O)n(CCO)n1CCO. The van der Waals surface area contributed by atoms with Gasteiger partial charge in [-0.1, -0.05) is 0 Å². The van der Waals surface area contributed by atoms with E-state index in [-0.39, 0.29) is 37.5 Å². The fourth-order valence-corrected chi connectivity index (χ4v) is 1.52. The Bertz CT molecular complexity index is 382. The first-order valence-corrected chi connectivity index (χ1v) is 4.65. The van der Waals surface area contributed by atoms with Crippen LogP contribution in [0.25, 0.3) is 0 Å². The van der Waals surface area contributed by atoms with Crippen LogP contribution in [0, 0.1) is 0 Å². The molecule has 1 aromatic heterocycles. The maximum absolute atomic E-state index is 11.6. The zero-order chi connectivity index (χ0) is 11.4. The predicted molar refractivity (Wildman–Crippen MR) is 56.8 cm³/mol. The fraction of sp³-hybridized carbons (Fsp3) is 0.625. The molecule has 15 heavy (non-hydrogen) atoms. The first-order valence-electron chi connectivity index (χ1n) is 4.65. The van der Waals surface area contributed by atoms with E-state index in [1.165, 1.54) is 9.36 Å². The molecule has 0 aliphatic heterocycles. The second-order valence-corrected chi connectivity index (χ2v) is 3.01. The van der Waals surface area contributed by atoms with E-state index in [2.05, 4.69) is 5.32 Å². The highest BCUT2D eigenvalue weighted by Gasteiger charge is 2.15. The number of nitrogens with zero attached hydrogens (tertiary/aromatic N) is 2. The van der Waals surface area contributed by atoms with Gasteiger partial charge in [-0.3, -0.25) is 9.48 Å².